The smallest absolute Gasteiger partial charge is 0.0157 e. The molecule has 92 valence electrons. The van der Waals surface area contributed by atoms with Crippen molar-refractivity contribution in [3.63, 3.8) is 0 Å². The highest BCUT2D eigenvalue weighted by Crippen LogP contribution is 2.26. The predicted molar refractivity (Wildman–Crippen MR) is 82.6 cm³/mol. The molecule has 19 heavy (non-hydrogen) atoms. The first-order valence-electron chi connectivity index (χ1n) is 6.63. The van der Waals surface area contributed by atoms with Crippen molar-refractivity contribution in [2.75, 3.05) is 0 Å². The van der Waals surface area contributed by atoms with Crippen LogP contribution in [0.15, 0.2) is 85.0 Å². The molecule has 2 aromatic carbocycles. The Morgan fingerprint density at radius 1 is 0.632 bits per heavy atom. The number of hydrogen-bond donors (Lipinski definition) is 0. The van der Waals surface area contributed by atoms with E-state index in [0.29, 0.717) is 0 Å². The average molecular weight is 244 g/mol. The lowest BCUT2D eigenvalue weighted by molar-refractivity contribution is 1.40. The zero-order valence-electron chi connectivity index (χ0n) is 10.8. The minimum Gasteiger partial charge on any atom is -0.0801 e. The normalized spacial score (nSPS) is 14.5. The van der Waals surface area contributed by atoms with Crippen LogP contribution in [-0.4, -0.2) is 0 Å². The van der Waals surface area contributed by atoms with Gasteiger partial charge in [-0.25, -0.2) is 0 Å². The van der Waals surface area contributed by atoms with Crippen molar-refractivity contribution in [1.82, 2.24) is 0 Å². The van der Waals surface area contributed by atoms with Gasteiger partial charge in [0.05, 0.1) is 0 Å². The highest BCUT2D eigenvalue weighted by Gasteiger charge is 2.04. The second-order valence-corrected chi connectivity index (χ2v) is 4.63. The third-order valence-electron chi connectivity index (χ3n) is 3.30. The molecular formula is C19H16. The van der Waals surface area contributed by atoms with Gasteiger partial charge < -0.3 is 0 Å². The third kappa shape index (κ3) is 2.74. The predicted octanol–water partition coefficient (Wildman–Crippen LogP) is 5.11. The van der Waals surface area contributed by atoms with Crippen molar-refractivity contribution in [3.05, 3.63) is 96.1 Å². The Balaban J connectivity index is 2.02. The van der Waals surface area contributed by atoms with Gasteiger partial charge in [-0.15, -0.1) is 0 Å². The molecule has 0 saturated carbocycles. The maximum Gasteiger partial charge on any atom is -0.0157 e. The molecule has 1 aliphatic rings. The molecule has 0 heteroatoms. The molecule has 2 aromatic rings. The van der Waals surface area contributed by atoms with E-state index in [0.717, 1.165) is 6.42 Å². The van der Waals surface area contributed by atoms with Crippen molar-refractivity contribution in [2.45, 2.75) is 6.42 Å². The zero-order chi connectivity index (χ0) is 12.9. The van der Waals surface area contributed by atoms with Gasteiger partial charge in [-0.05, 0) is 34.8 Å². The Labute approximate surface area is 114 Å². The van der Waals surface area contributed by atoms with Crippen LogP contribution < -0.4 is 0 Å². The highest BCUT2D eigenvalue weighted by atomic mass is 14.1. The summed E-state index contributed by atoms with van der Waals surface area (Å²) >= 11 is 0. The molecule has 0 bridgehead atoms. The van der Waals surface area contributed by atoms with Crippen LogP contribution in [0.3, 0.4) is 0 Å². The zero-order valence-corrected chi connectivity index (χ0v) is 10.8. The highest BCUT2D eigenvalue weighted by molar-refractivity contribution is 5.88. The van der Waals surface area contributed by atoms with Crippen LogP contribution in [0.5, 0.6) is 0 Å². The Morgan fingerprint density at radius 3 is 1.84 bits per heavy atom. The molecule has 0 saturated heterocycles. The van der Waals surface area contributed by atoms with Crippen molar-refractivity contribution in [1.29, 1.82) is 0 Å². The fraction of sp³-hybridized carbons (Fsp3) is 0.0526. The number of benzene rings is 2. The van der Waals surface area contributed by atoms with Crippen LogP contribution >= 0.6 is 0 Å². The minimum absolute atomic E-state index is 0.983. The van der Waals surface area contributed by atoms with Gasteiger partial charge in [0, 0.05) is 0 Å². The van der Waals surface area contributed by atoms with E-state index in [9.17, 15) is 0 Å². The maximum absolute atomic E-state index is 2.28. The largest absolute Gasteiger partial charge is 0.0801 e. The van der Waals surface area contributed by atoms with E-state index in [-0.39, 0.29) is 0 Å². The van der Waals surface area contributed by atoms with Crippen molar-refractivity contribution in [2.24, 2.45) is 0 Å². The van der Waals surface area contributed by atoms with Gasteiger partial charge >= 0.3 is 0 Å². The minimum atomic E-state index is 0.983. The van der Waals surface area contributed by atoms with Crippen molar-refractivity contribution in [3.8, 4) is 0 Å². The lowest BCUT2D eigenvalue weighted by Crippen LogP contribution is -1.83. The van der Waals surface area contributed by atoms with Crippen LogP contribution in [0.1, 0.15) is 17.5 Å². The van der Waals surface area contributed by atoms with Gasteiger partial charge in [0.25, 0.3) is 0 Å². The van der Waals surface area contributed by atoms with Gasteiger partial charge in [0.1, 0.15) is 0 Å². The summed E-state index contributed by atoms with van der Waals surface area (Å²) in [5.41, 5.74) is 5.11. The molecule has 0 spiro atoms. The lowest BCUT2D eigenvalue weighted by Gasteiger charge is -2.05. The summed E-state index contributed by atoms with van der Waals surface area (Å²) in [4.78, 5) is 0. The SMILES string of the molecule is C1=CC(c2ccccc2)=CC(c2ccccc2)=CC1. The van der Waals surface area contributed by atoms with Crippen LogP contribution in [0.25, 0.3) is 11.1 Å². The average Bonchev–Trinajstić information content (AvgIpc) is 2.75. The molecule has 0 fully saturated rings. The third-order valence-corrected chi connectivity index (χ3v) is 3.30. The van der Waals surface area contributed by atoms with Crippen molar-refractivity contribution >= 4 is 11.1 Å². The maximum atomic E-state index is 2.28. The van der Waals surface area contributed by atoms with Gasteiger partial charge in [-0.2, -0.15) is 0 Å². The standard InChI is InChI=1S/C19H16/c1-3-9-16(10-4-1)18-13-7-8-14-19(15-18)17-11-5-2-6-12-17/h1-7,9-15H,8H2. The van der Waals surface area contributed by atoms with E-state index in [1.807, 2.05) is 0 Å². The molecule has 0 aliphatic heterocycles. The summed E-state index contributed by atoms with van der Waals surface area (Å²) < 4.78 is 0. The Hall–Kier alpha value is -2.34. The van der Waals surface area contributed by atoms with Gasteiger partial charge in [-0.1, -0.05) is 78.9 Å². The molecule has 0 amide bonds. The van der Waals surface area contributed by atoms with E-state index in [1.165, 1.54) is 22.3 Å². The Bertz CT molecular complexity index is 628. The van der Waals surface area contributed by atoms with E-state index < -0.39 is 0 Å². The van der Waals surface area contributed by atoms with Gasteiger partial charge in [0.2, 0.25) is 0 Å². The molecule has 0 atom stereocenters. The molecule has 0 aromatic heterocycles. The molecule has 0 heterocycles. The van der Waals surface area contributed by atoms with Crippen LogP contribution in [0.2, 0.25) is 0 Å². The molecule has 3 rings (SSSR count). The van der Waals surface area contributed by atoms with Gasteiger partial charge in [0.15, 0.2) is 0 Å². The second-order valence-electron chi connectivity index (χ2n) is 4.63. The summed E-state index contributed by atoms with van der Waals surface area (Å²) in [5, 5.41) is 0. The quantitative estimate of drug-likeness (QED) is 0.688. The van der Waals surface area contributed by atoms with E-state index in [1.54, 1.807) is 0 Å². The topological polar surface area (TPSA) is 0 Å². The summed E-state index contributed by atoms with van der Waals surface area (Å²) in [5.74, 6) is 0. The summed E-state index contributed by atoms with van der Waals surface area (Å²) in [7, 11) is 0. The Morgan fingerprint density at radius 2 is 1.21 bits per heavy atom. The monoisotopic (exact) mass is 244 g/mol. The lowest BCUT2D eigenvalue weighted by atomic mass is 10.00. The number of rotatable bonds is 2. The second kappa shape index (κ2) is 5.53. The van der Waals surface area contributed by atoms with E-state index in [4.69, 9.17) is 0 Å². The van der Waals surface area contributed by atoms with E-state index >= 15 is 0 Å². The Kier molecular flexibility index (Phi) is 3.42. The molecular weight excluding hydrogens is 228 g/mol. The van der Waals surface area contributed by atoms with Crippen LogP contribution in [0.4, 0.5) is 0 Å². The number of hydrogen-bond acceptors (Lipinski definition) is 0. The summed E-state index contributed by atoms with van der Waals surface area (Å²) in [6, 6.07) is 21.1. The fourth-order valence-electron chi connectivity index (χ4n) is 2.31. The van der Waals surface area contributed by atoms with Crippen LogP contribution in [-0.2, 0) is 0 Å². The first-order valence-corrected chi connectivity index (χ1v) is 6.63. The first kappa shape index (κ1) is 11.7. The number of allylic oxidation sites excluding steroid dienone is 6. The molecule has 0 unspecified atom stereocenters. The van der Waals surface area contributed by atoms with Crippen LogP contribution in [0, 0.1) is 0 Å². The van der Waals surface area contributed by atoms with Crippen molar-refractivity contribution < 1.29 is 0 Å². The first-order chi connectivity index (χ1) is 9.43. The van der Waals surface area contributed by atoms with Gasteiger partial charge in [-0.3, -0.25) is 0 Å². The molecule has 0 radical (unpaired) electrons. The molecule has 1 aliphatic carbocycles. The summed E-state index contributed by atoms with van der Waals surface area (Å²) in [6.07, 6.45) is 9.96. The fourth-order valence-corrected chi connectivity index (χ4v) is 2.31. The summed E-state index contributed by atoms with van der Waals surface area (Å²) in [6.45, 7) is 0. The molecule has 0 nitrogen and oxygen atoms in total. The van der Waals surface area contributed by atoms with E-state index in [2.05, 4.69) is 85.0 Å². The molecule has 0 N–H and O–H groups in total.